The summed E-state index contributed by atoms with van der Waals surface area (Å²) in [6.07, 6.45) is 2.05. The van der Waals surface area contributed by atoms with Crippen LogP contribution in [0.4, 0.5) is 17.2 Å². The third-order valence-electron chi connectivity index (χ3n) is 2.51. The Kier molecular flexibility index (Phi) is 4.52. The van der Waals surface area contributed by atoms with Crippen molar-refractivity contribution < 1.29 is 4.74 Å². The quantitative estimate of drug-likeness (QED) is 0.817. The number of rotatable bonds is 5. The molecule has 0 atom stereocenters. The maximum absolute atomic E-state index is 5.80. The van der Waals surface area contributed by atoms with Gasteiger partial charge in [0.2, 0.25) is 5.88 Å². The molecule has 0 fully saturated rings. The maximum atomic E-state index is 5.80. The van der Waals surface area contributed by atoms with Crippen molar-refractivity contribution >= 4 is 29.0 Å². The SMILES string of the molecule is CCOc1nc(Nc2cccc(SC)c2)ccc1N. The van der Waals surface area contributed by atoms with Crippen LogP contribution in [0, 0.1) is 0 Å². The molecule has 0 aliphatic heterocycles. The summed E-state index contributed by atoms with van der Waals surface area (Å²) in [7, 11) is 0. The monoisotopic (exact) mass is 275 g/mol. The lowest BCUT2D eigenvalue weighted by atomic mass is 10.3. The topological polar surface area (TPSA) is 60.2 Å². The van der Waals surface area contributed by atoms with Gasteiger partial charge in [-0.3, -0.25) is 0 Å². The van der Waals surface area contributed by atoms with Crippen molar-refractivity contribution in [1.82, 2.24) is 4.98 Å². The fourth-order valence-electron chi connectivity index (χ4n) is 1.62. The summed E-state index contributed by atoms with van der Waals surface area (Å²) < 4.78 is 5.38. The summed E-state index contributed by atoms with van der Waals surface area (Å²) in [6, 6.07) is 11.8. The van der Waals surface area contributed by atoms with Crippen molar-refractivity contribution in [2.24, 2.45) is 0 Å². The number of hydrogen-bond donors (Lipinski definition) is 2. The predicted octanol–water partition coefficient (Wildman–Crippen LogP) is 3.53. The number of nitrogen functional groups attached to an aromatic ring is 1. The van der Waals surface area contributed by atoms with E-state index in [1.54, 1.807) is 17.8 Å². The van der Waals surface area contributed by atoms with Gasteiger partial charge in [-0.2, -0.15) is 4.98 Å². The molecule has 0 spiro atoms. The molecule has 0 bridgehead atoms. The van der Waals surface area contributed by atoms with Crippen LogP contribution >= 0.6 is 11.8 Å². The molecule has 1 aromatic carbocycles. The largest absolute Gasteiger partial charge is 0.476 e. The highest BCUT2D eigenvalue weighted by Crippen LogP contribution is 2.25. The van der Waals surface area contributed by atoms with Crippen LogP contribution in [0.3, 0.4) is 0 Å². The smallest absolute Gasteiger partial charge is 0.239 e. The van der Waals surface area contributed by atoms with Gasteiger partial charge in [0.05, 0.1) is 12.3 Å². The maximum Gasteiger partial charge on any atom is 0.239 e. The van der Waals surface area contributed by atoms with Gasteiger partial charge in [-0.05, 0) is 43.5 Å². The average molecular weight is 275 g/mol. The van der Waals surface area contributed by atoms with E-state index in [1.165, 1.54) is 4.90 Å². The molecule has 0 amide bonds. The van der Waals surface area contributed by atoms with Crippen LogP contribution in [-0.4, -0.2) is 17.8 Å². The standard InChI is InChI=1S/C14H17N3OS/c1-3-18-14-12(15)7-8-13(17-14)16-10-5-4-6-11(9-10)19-2/h4-9H,3,15H2,1-2H3,(H,16,17). The third-order valence-corrected chi connectivity index (χ3v) is 3.24. The number of nitrogens with one attached hydrogen (secondary N) is 1. The van der Waals surface area contributed by atoms with E-state index in [0.29, 0.717) is 18.2 Å². The Labute approximate surface area is 117 Å². The zero-order valence-corrected chi connectivity index (χ0v) is 11.8. The summed E-state index contributed by atoms with van der Waals surface area (Å²) in [5.74, 6) is 1.18. The first-order valence-electron chi connectivity index (χ1n) is 6.03. The van der Waals surface area contributed by atoms with Crippen molar-refractivity contribution in [3.05, 3.63) is 36.4 Å². The zero-order valence-electron chi connectivity index (χ0n) is 11.0. The van der Waals surface area contributed by atoms with Gasteiger partial charge >= 0.3 is 0 Å². The molecule has 19 heavy (non-hydrogen) atoms. The Morgan fingerprint density at radius 1 is 1.32 bits per heavy atom. The van der Waals surface area contributed by atoms with E-state index in [1.807, 2.05) is 31.4 Å². The van der Waals surface area contributed by atoms with Gasteiger partial charge < -0.3 is 15.8 Å². The van der Waals surface area contributed by atoms with Crippen LogP contribution in [0.2, 0.25) is 0 Å². The predicted molar refractivity (Wildman–Crippen MR) is 81.3 cm³/mol. The summed E-state index contributed by atoms with van der Waals surface area (Å²) in [5.41, 5.74) is 7.33. The number of thioether (sulfide) groups is 1. The molecule has 0 radical (unpaired) electrons. The number of nitrogens with two attached hydrogens (primary N) is 1. The van der Waals surface area contributed by atoms with Gasteiger partial charge in [0.15, 0.2) is 0 Å². The molecule has 0 unspecified atom stereocenters. The minimum atomic E-state index is 0.466. The Morgan fingerprint density at radius 2 is 2.16 bits per heavy atom. The van der Waals surface area contributed by atoms with Crippen molar-refractivity contribution in [3.8, 4) is 5.88 Å². The molecule has 0 saturated heterocycles. The van der Waals surface area contributed by atoms with Crippen LogP contribution in [0.5, 0.6) is 5.88 Å². The molecule has 2 rings (SSSR count). The number of pyridine rings is 1. The number of anilines is 3. The zero-order chi connectivity index (χ0) is 13.7. The van der Waals surface area contributed by atoms with E-state index >= 15 is 0 Å². The van der Waals surface area contributed by atoms with E-state index < -0.39 is 0 Å². The number of aromatic nitrogens is 1. The van der Waals surface area contributed by atoms with Gasteiger partial charge in [-0.15, -0.1) is 11.8 Å². The van der Waals surface area contributed by atoms with Gasteiger partial charge in [-0.1, -0.05) is 6.07 Å². The molecule has 2 aromatic rings. The van der Waals surface area contributed by atoms with Gasteiger partial charge in [0, 0.05) is 10.6 Å². The Balaban J connectivity index is 2.20. The van der Waals surface area contributed by atoms with Crippen LogP contribution in [0.15, 0.2) is 41.3 Å². The summed E-state index contributed by atoms with van der Waals surface area (Å²) in [6.45, 7) is 2.45. The van der Waals surface area contributed by atoms with E-state index in [4.69, 9.17) is 10.5 Å². The Hall–Kier alpha value is -1.88. The molecule has 1 heterocycles. The molecule has 0 aliphatic rings. The summed E-state index contributed by atoms with van der Waals surface area (Å²) in [5, 5.41) is 3.24. The first-order chi connectivity index (χ1) is 9.22. The number of hydrogen-bond acceptors (Lipinski definition) is 5. The van der Waals surface area contributed by atoms with E-state index in [0.717, 1.165) is 11.5 Å². The third kappa shape index (κ3) is 3.54. The first-order valence-corrected chi connectivity index (χ1v) is 7.25. The van der Waals surface area contributed by atoms with Gasteiger partial charge in [0.25, 0.3) is 0 Å². The Bertz CT molecular complexity index is 560. The highest BCUT2D eigenvalue weighted by atomic mass is 32.2. The highest BCUT2D eigenvalue weighted by molar-refractivity contribution is 7.98. The lowest BCUT2D eigenvalue weighted by Gasteiger charge is -2.10. The average Bonchev–Trinajstić information content (AvgIpc) is 2.43. The van der Waals surface area contributed by atoms with Crippen LogP contribution in [0.25, 0.3) is 0 Å². The molecule has 1 aromatic heterocycles. The summed E-state index contributed by atoms with van der Waals surface area (Å²) >= 11 is 1.70. The lowest BCUT2D eigenvalue weighted by molar-refractivity contribution is 0.329. The van der Waals surface area contributed by atoms with Gasteiger partial charge in [0.1, 0.15) is 5.82 Å². The fourth-order valence-corrected chi connectivity index (χ4v) is 2.08. The van der Waals surface area contributed by atoms with Crippen molar-refractivity contribution in [1.29, 1.82) is 0 Å². The van der Waals surface area contributed by atoms with Crippen LogP contribution < -0.4 is 15.8 Å². The van der Waals surface area contributed by atoms with Crippen LogP contribution in [0.1, 0.15) is 6.92 Å². The second-order valence-corrected chi connectivity index (χ2v) is 4.76. The molecule has 3 N–H and O–H groups in total. The molecular weight excluding hydrogens is 258 g/mol. The second-order valence-electron chi connectivity index (χ2n) is 3.88. The minimum absolute atomic E-state index is 0.466. The number of benzene rings is 1. The molecule has 100 valence electrons. The highest BCUT2D eigenvalue weighted by Gasteiger charge is 2.04. The van der Waals surface area contributed by atoms with E-state index in [2.05, 4.69) is 22.4 Å². The molecule has 0 aliphatic carbocycles. The number of nitrogens with zero attached hydrogens (tertiary/aromatic N) is 1. The molecule has 5 heteroatoms. The van der Waals surface area contributed by atoms with Gasteiger partial charge in [-0.25, -0.2) is 0 Å². The lowest BCUT2D eigenvalue weighted by Crippen LogP contribution is -2.02. The van der Waals surface area contributed by atoms with Crippen molar-refractivity contribution in [3.63, 3.8) is 0 Å². The molecular formula is C14H17N3OS. The van der Waals surface area contributed by atoms with E-state index in [9.17, 15) is 0 Å². The minimum Gasteiger partial charge on any atom is -0.476 e. The summed E-state index contributed by atoms with van der Waals surface area (Å²) in [4.78, 5) is 5.55. The Morgan fingerprint density at radius 3 is 2.89 bits per heavy atom. The normalized spacial score (nSPS) is 10.2. The molecule has 0 saturated carbocycles. The van der Waals surface area contributed by atoms with Crippen LogP contribution in [-0.2, 0) is 0 Å². The molecule has 4 nitrogen and oxygen atoms in total. The second kappa shape index (κ2) is 6.33. The van der Waals surface area contributed by atoms with Crippen molar-refractivity contribution in [2.75, 3.05) is 23.9 Å². The number of ether oxygens (including phenoxy) is 1. The fraction of sp³-hybridized carbons (Fsp3) is 0.214. The van der Waals surface area contributed by atoms with Crippen molar-refractivity contribution in [2.45, 2.75) is 11.8 Å². The first kappa shape index (κ1) is 13.5. The van der Waals surface area contributed by atoms with E-state index in [-0.39, 0.29) is 0 Å².